The van der Waals surface area contributed by atoms with E-state index in [1.54, 1.807) is 4.90 Å². The number of aromatic nitrogens is 2. The Balaban J connectivity index is 1.76. The number of carbonyl (C=O) groups excluding carboxylic acids is 1. The number of nitrogens with one attached hydrogen (secondary N) is 1. The highest BCUT2D eigenvalue weighted by atomic mass is 35.5. The molecule has 2 heterocycles. The third-order valence-corrected chi connectivity index (χ3v) is 4.15. The first-order chi connectivity index (χ1) is 11.8. The van der Waals surface area contributed by atoms with Crippen LogP contribution in [-0.2, 0) is 6.18 Å². The summed E-state index contributed by atoms with van der Waals surface area (Å²) in [6.45, 7) is 1.39. The van der Waals surface area contributed by atoms with Crippen molar-refractivity contribution in [3.63, 3.8) is 0 Å². The average Bonchev–Trinajstić information content (AvgIpc) is 3.10. The summed E-state index contributed by atoms with van der Waals surface area (Å²) in [6.07, 6.45) is 0.0444. The van der Waals surface area contributed by atoms with Crippen molar-refractivity contribution in [1.82, 2.24) is 14.9 Å². The number of hydrogen-bond donors (Lipinski definition) is 1. The molecule has 0 atom stereocenters. The van der Waals surface area contributed by atoms with Crippen LogP contribution in [0.15, 0.2) is 30.6 Å². The molecule has 0 bridgehead atoms. The van der Waals surface area contributed by atoms with E-state index in [1.165, 1.54) is 12.4 Å². The van der Waals surface area contributed by atoms with Crippen LogP contribution in [-0.4, -0.2) is 33.9 Å². The first kappa shape index (κ1) is 17.5. The van der Waals surface area contributed by atoms with Crippen LogP contribution in [0.2, 0.25) is 5.02 Å². The van der Waals surface area contributed by atoms with Gasteiger partial charge in [-0.1, -0.05) is 11.6 Å². The molecule has 1 aliphatic rings. The van der Waals surface area contributed by atoms with E-state index in [-0.39, 0.29) is 28.1 Å². The molecule has 1 N–H and O–H groups in total. The molecule has 25 heavy (non-hydrogen) atoms. The van der Waals surface area contributed by atoms with Gasteiger partial charge in [-0.05, 0) is 31.0 Å². The van der Waals surface area contributed by atoms with Gasteiger partial charge in [-0.25, -0.2) is 9.97 Å². The zero-order valence-corrected chi connectivity index (χ0v) is 13.7. The molecule has 0 unspecified atom stereocenters. The Morgan fingerprint density at radius 2 is 1.88 bits per heavy atom. The summed E-state index contributed by atoms with van der Waals surface area (Å²) in [6, 6.07) is 2.95. The van der Waals surface area contributed by atoms with Crippen LogP contribution in [0, 0.1) is 0 Å². The number of benzene rings is 1. The summed E-state index contributed by atoms with van der Waals surface area (Å²) >= 11 is 5.93. The number of nitrogens with zero attached hydrogens (tertiary/aromatic N) is 3. The fourth-order valence-corrected chi connectivity index (χ4v) is 2.69. The minimum absolute atomic E-state index is 0.0596. The summed E-state index contributed by atoms with van der Waals surface area (Å²) < 4.78 is 38.4. The number of anilines is 2. The molecular weight excluding hydrogens is 357 g/mol. The number of carbonyl (C=O) groups is 1. The predicted molar refractivity (Wildman–Crippen MR) is 86.9 cm³/mol. The second-order valence-electron chi connectivity index (χ2n) is 5.60. The molecule has 1 amide bonds. The normalized spacial score (nSPS) is 14.6. The molecule has 1 aromatic heterocycles. The Labute approximate surface area is 146 Å². The van der Waals surface area contributed by atoms with Crippen molar-refractivity contribution >= 4 is 29.0 Å². The Morgan fingerprint density at radius 1 is 1.16 bits per heavy atom. The summed E-state index contributed by atoms with van der Waals surface area (Å²) in [4.78, 5) is 22.0. The van der Waals surface area contributed by atoms with Crippen LogP contribution in [0.1, 0.15) is 28.9 Å². The second-order valence-corrected chi connectivity index (χ2v) is 6.01. The van der Waals surface area contributed by atoms with Crippen LogP contribution >= 0.6 is 11.6 Å². The second kappa shape index (κ2) is 6.87. The highest BCUT2D eigenvalue weighted by Gasteiger charge is 2.31. The SMILES string of the molecule is O=C(c1cnc(Nc2cc(C(F)(F)F)ccc2Cl)cn1)N1CCCC1. The van der Waals surface area contributed by atoms with Crippen molar-refractivity contribution in [2.24, 2.45) is 0 Å². The lowest BCUT2D eigenvalue weighted by Gasteiger charge is -2.15. The van der Waals surface area contributed by atoms with E-state index in [4.69, 9.17) is 11.6 Å². The van der Waals surface area contributed by atoms with Crippen molar-refractivity contribution in [2.45, 2.75) is 19.0 Å². The molecule has 0 radical (unpaired) electrons. The quantitative estimate of drug-likeness (QED) is 0.882. The molecule has 1 saturated heterocycles. The van der Waals surface area contributed by atoms with Crippen LogP contribution in [0.25, 0.3) is 0 Å². The molecule has 3 rings (SSSR count). The van der Waals surface area contributed by atoms with Gasteiger partial charge in [-0.3, -0.25) is 4.79 Å². The fourth-order valence-electron chi connectivity index (χ4n) is 2.52. The van der Waals surface area contributed by atoms with Gasteiger partial charge in [0.2, 0.25) is 0 Å². The Bertz CT molecular complexity index is 774. The standard InChI is InChI=1S/C16H14ClF3N4O/c17-11-4-3-10(16(18,19)20)7-12(11)23-14-9-21-13(8-22-14)15(25)24-5-1-2-6-24/h3-4,7-9H,1-2,5-6H2,(H,22,23). The molecule has 0 spiro atoms. The number of hydrogen-bond acceptors (Lipinski definition) is 4. The van der Waals surface area contributed by atoms with Crippen molar-refractivity contribution in [3.05, 3.63) is 46.9 Å². The van der Waals surface area contributed by atoms with Crippen molar-refractivity contribution < 1.29 is 18.0 Å². The molecule has 0 aliphatic carbocycles. The van der Waals surface area contributed by atoms with Gasteiger partial charge >= 0.3 is 6.18 Å². The fraction of sp³-hybridized carbons (Fsp3) is 0.312. The van der Waals surface area contributed by atoms with Gasteiger partial charge in [0.15, 0.2) is 0 Å². The van der Waals surface area contributed by atoms with E-state index in [2.05, 4.69) is 15.3 Å². The first-order valence-corrected chi connectivity index (χ1v) is 7.97. The molecule has 1 fully saturated rings. The van der Waals surface area contributed by atoms with E-state index in [9.17, 15) is 18.0 Å². The molecule has 2 aromatic rings. The number of likely N-dealkylation sites (tertiary alicyclic amines) is 1. The Morgan fingerprint density at radius 3 is 2.48 bits per heavy atom. The first-order valence-electron chi connectivity index (χ1n) is 7.60. The van der Waals surface area contributed by atoms with Crippen LogP contribution < -0.4 is 5.32 Å². The highest BCUT2D eigenvalue weighted by molar-refractivity contribution is 6.33. The summed E-state index contributed by atoms with van der Waals surface area (Å²) in [5.41, 5.74) is -0.569. The maximum absolute atomic E-state index is 12.8. The highest BCUT2D eigenvalue weighted by Crippen LogP contribution is 2.34. The molecule has 132 valence electrons. The zero-order valence-electron chi connectivity index (χ0n) is 13.0. The third-order valence-electron chi connectivity index (χ3n) is 3.82. The molecule has 9 heteroatoms. The molecule has 1 aliphatic heterocycles. The maximum atomic E-state index is 12.8. The molecule has 0 saturated carbocycles. The van der Waals surface area contributed by atoms with E-state index < -0.39 is 11.7 Å². The summed E-state index contributed by atoms with van der Waals surface area (Å²) in [7, 11) is 0. The molecule has 5 nitrogen and oxygen atoms in total. The van der Waals surface area contributed by atoms with E-state index in [0.717, 1.165) is 31.0 Å². The maximum Gasteiger partial charge on any atom is 0.416 e. The van der Waals surface area contributed by atoms with Gasteiger partial charge in [-0.2, -0.15) is 13.2 Å². The Kier molecular flexibility index (Phi) is 4.80. The topological polar surface area (TPSA) is 58.1 Å². The van der Waals surface area contributed by atoms with Gasteiger partial charge in [-0.15, -0.1) is 0 Å². The molecule has 1 aromatic carbocycles. The van der Waals surface area contributed by atoms with Gasteiger partial charge in [0.25, 0.3) is 5.91 Å². The lowest BCUT2D eigenvalue weighted by atomic mass is 10.2. The van der Waals surface area contributed by atoms with Gasteiger partial charge < -0.3 is 10.2 Å². The number of rotatable bonds is 3. The minimum Gasteiger partial charge on any atom is -0.338 e. The smallest absolute Gasteiger partial charge is 0.338 e. The van der Waals surface area contributed by atoms with Gasteiger partial charge in [0, 0.05) is 13.1 Å². The lowest BCUT2D eigenvalue weighted by molar-refractivity contribution is -0.137. The number of amides is 1. The lowest BCUT2D eigenvalue weighted by Crippen LogP contribution is -2.28. The van der Waals surface area contributed by atoms with Crippen LogP contribution in [0.5, 0.6) is 0 Å². The van der Waals surface area contributed by atoms with Crippen molar-refractivity contribution in [2.75, 3.05) is 18.4 Å². The third kappa shape index (κ3) is 4.01. The Hall–Kier alpha value is -2.35. The van der Waals surface area contributed by atoms with E-state index in [0.29, 0.717) is 13.1 Å². The monoisotopic (exact) mass is 370 g/mol. The van der Waals surface area contributed by atoms with Crippen LogP contribution in [0.3, 0.4) is 0 Å². The minimum atomic E-state index is -4.47. The summed E-state index contributed by atoms with van der Waals surface area (Å²) in [5, 5.41) is 2.81. The number of alkyl halides is 3. The van der Waals surface area contributed by atoms with E-state index >= 15 is 0 Å². The van der Waals surface area contributed by atoms with Gasteiger partial charge in [0.1, 0.15) is 11.5 Å². The van der Waals surface area contributed by atoms with E-state index in [1.807, 2.05) is 0 Å². The van der Waals surface area contributed by atoms with Crippen LogP contribution in [0.4, 0.5) is 24.7 Å². The molecular formula is C16H14ClF3N4O. The predicted octanol–water partition coefficient (Wildman–Crippen LogP) is 4.13. The number of halogens is 4. The van der Waals surface area contributed by atoms with Crippen molar-refractivity contribution in [1.29, 1.82) is 0 Å². The zero-order chi connectivity index (χ0) is 18.0. The average molecular weight is 371 g/mol. The summed E-state index contributed by atoms with van der Waals surface area (Å²) in [5.74, 6) is -0.00662. The van der Waals surface area contributed by atoms with Gasteiger partial charge in [0.05, 0.1) is 28.7 Å². The largest absolute Gasteiger partial charge is 0.416 e. The van der Waals surface area contributed by atoms with Crippen molar-refractivity contribution in [3.8, 4) is 0 Å².